The van der Waals surface area contributed by atoms with Gasteiger partial charge < -0.3 is 5.73 Å². The van der Waals surface area contributed by atoms with Crippen molar-refractivity contribution < 1.29 is 5.03 Å². The Hall–Kier alpha value is -2.37. The van der Waals surface area contributed by atoms with Gasteiger partial charge in [-0.3, -0.25) is 0 Å². The summed E-state index contributed by atoms with van der Waals surface area (Å²) in [6, 6.07) is 9.14. The molecule has 1 atom stereocenters. The predicted molar refractivity (Wildman–Crippen MR) is 65.7 cm³/mol. The molecule has 1 aromatic rings. The largest absolute Gasteiger partial charge is 0.365 e. The molecule has 1 rings (SSSR count). The summed E-state index contributed by atoms with van der Waals surface area (Å²) < 4.78 is 0. The number of nitro groups is 1. The third-order valence-electron chi connectivity index (χ3n) is 2.08. The molecule has 0 amide bonds. The number of hydrogen-bond donors (Lipinski definition) is 2. The molecule has 1 unspecified atom stereocenters. The average molecular weight is 234 g/mol. The lowest BCUT2D eigenvalue weighted by Gasteiger charge is -2.10. The Morgan fingerprint density at radius 2 is 2.24 bits per heavy atom. The fraction of sp³-hybridized carbons (Fsp3) is 0.182. The molecule has 1 aromatic carbocycles. The highest BCUT2D eigenvalue weighted by Crippen LogP contribution is 2.20. The molecule has 0 aliphatic carbocycles. The van der Waals surface area contributed by atoms with Crippen LogP contribution in [0.3, 0.4) is 0 Å². The van der Waals surface area contributed by atoms with Crippen molar-refractivity contribution in [1.82, 2.24) is 5.43 Å². The molecule has 0 aromatic heterocycles. The maximum Gasteiger partial charge on any atom is 0.252 e. The zero-order valence-electron chi connectivity index (χ0n) is 9.24. The number of guanidine groups is 1. The van der Waals surface area contributed by atoms with E-state index in [1.165, 1.54) is 0 Å². The summed E-state index contributed by atoms with van der Waals surface area (Å²) in [5.74, 6) is -0.217. The Bertz CT molecular complexity index is 417. The van der Waals surface area contributed by atoms with Crippen molar-refractivity contribution in [3.05, 3.63) is 58.7 Å². The van der Waals surface area contributed by atoms with Crippen LogP contribution in [0.25, 0.3) is 0 Å². The summed E-state index contributed by atoms with van der Waals surface area (Å²) in [6.07, 6.45) is 2.25. The minimum absolute atomic E-state index is 0.217. The monoisotopic (exact) mass is 234 g/mol. The van der Waals surface area contributed by atoms with E-state index >= 15 is 0 Å². The number of rotatable bonds is 5. The summed E-state index contributed by atoms with van der Waals surface area (Å²) >= 11 is 0. The van der Waals surface area contributed by atoms with Crippen LogP contribution in [0.1, 0.15) is 18.0 Å². The number of hydrazine groups is 1. The number of nitrogens with one attached hydrogen (secondary N) is 1. The Labute approximate surface area is 99.0 Å². The Balaban J connectivity index is 2.86. The molecule has 0 radical (unpaired) electrons. The van der Waals surface area contributed by atoms with Gasteiger partial charge in [-0.2, -0.15) is 0 Å². The van der Waals surface area contributed by atoms with Crippen LogP contribution >= 0.6 is 0 Å². The fourth-order valence-corrected chi connectivity index (χ4v) is 1.39. The summed E-state index contributed by atoms with van der Waals surface area (Å²) in [4.78, 5) is 14.2. The minimum Gasteiger partial charge on any atom is -0.365 e. The Morgan fingerprint density at radius 3 is 2.76 bits per heavy atom. The van der Waals surface area contributed by atoms with E-state index in [-0.39, 0.29) is 12.0 Å². The molecular weight excluding hydrogens is 220 g/mol. The Morgan fingerprint density at radius 1 is 1.59 bits per heavy atom. The molecule has 6 heteroatoms. The second-order valence-electron chi connectivity index (χ2n) is 3.33. The van der Waals surface area contributed by atoms with Crippen LogP contribution in [0.4, 0.5) is 0 Å². The topological polar surface area (TPSA) is 93.5 Å². The molecule has 0 bridgehead atoms. The fourth-order valence-electron chi connectivity index (χ4n) is 1.39. The highest BCUT2D eigenvalue weighted by molar-refractivity contribution is 5.76. The van der Waals surface area contributed by atoms with Crippen LogP contribution in [0, 0.1) is 10.1 Å². The summed E-state index contributed by atoms with van der Waals surface area (Å²) in [6.45, 7) is 3.63. The maximum absolute atomic E-state index is 10.2. The smallest absolute Gasteiger partial charge is 0.252 e. The van der Waals surface area contributed by atoms with Gasteiger partial charge in [0.2, 0.25) is 0 Å². The number of nitrogens with zero attached hydrogens (tertiary/aromatic N) is 2. The number of benzene rings is 1. The van der Waals surface area contributed by atoms with Gasteiger partial charge in [-0.1, -0.05) is 41.8 Å². The van der Waals surface area contributed by atoms with Crippen LogP contribution in [0.5, 0.6) is 0 Å². The third-order valence-corrected chi connectivity index (χ3v) is 2.08. The van der Waals surface area contributed by atoms with E-state index in [0.717, 1.165) is 5.56 Å². The van der Waals surface area contributed by atoms with E-state index < -0.39 is 5.03 Å². The predicted octanol–water partition coefficient (Wildman–Crippen LogP) is 1.40. The number of hydrogen-bond acceptors (Lipinski definition) is 3. The van der Waals surface area contributed by atoms with Crippen molar-refractivity contribution in [2.75, 3.05) is 0 Å². The maximum atomic E-state index is 10.2. The van der Waals surface area contributed by atoms with Crippen LogP contribution in [-0.4, -0.2) is 11.0 Å². The first-order valence-corrected chi connectivity index (χ1v) is 5.03. The van der Waals surface area contributed by atoms with E-state index in [9.17, 15) is 10.1 Å². The standard InChI is InChI=1S/C11H14N4O2/c1-2-6-10(9-7-4-3-5-8-9)13-11(12)14-15(16)17/h2-5,7-8,10H,1,6H2,(H3,12,13,14). The molecule has 0 fully saturated rings. The summed E-state index contributed by atoms with van der Waals surface area (Å²) in [5.41, 5.74) is 8.15. The lowest BCUT2D eigenvalue weighted by Crippen LogP contribution is -2.36. The van der Waals surface area contributed by atoms with E-state index in [0.29, 0.717) is 6.42 Å². The molecule has 0 aliphatic heterocycles. The normalized spacial score (nSPS) is 12.8. The van der Waals surface area contributed by atoms with Gasteiger partial charge in [0.05, 0.1) is 6.04 Å². The van der Waals surface area contributed by atoms with E-state index in [1.807, 2.05) is 35.8 Å². The second kappa shape index (κ2) is 6.26. The van der Waals surface area contributed by atoms with Crippen LogP contribution in [0.2, 0.25) is 0 Å². The molecule has 0 saturated carbocycles. The zero-order chi connectivity index (χ0) is 12.7. The summed E-state index contributed by atoms with van der Waals surface area (Å²) in [5, 5.41) is 9.46. The number of aliphatic imine (C=N–C) groups is 1. The molecule has 17 heavy (non-hydrogen) atoms. The Kier molecular flexibility index (Phi) is 4.68. The minimum atomic E-state index is -0.741. The quantitative estimate of drug-likeness (QED) is 0.265. The van der Waals surface area contributed by atoms with Crippen LogP contribution in [-0.2, 0) is 0 Å². The molecule has 0 saturated heterocycles. The van der Waals surface area contributed by atoms with Gasteiger partial charge in [-0.15, -0.1) is 6.58 Å². The van der Waals surface area contributed by atoms with Crippen molar-refractivity contribution in [3.8, 4) is 0 Å². The molecule has 3 N–H and O–H groups in total. The molecule has 90 valence electrons. The lowest BCUT2D eigenvalue weighted by atomic mass is 10.0. The van der Waals surface area contributed by atoms with Crippen molar-refractivity contribution in [2.45, 2.75) is 12.5 Å². The molecule has 0 aliphatic rings. The van der Waals surface area contributed by atoms with E-state index in [2.05, 4.69) is 11.6 Å². The van der Waals surface area contributed by atoms with Crippen molar-refractivity contribution >= 4 is 5.96 Å². The average Bonchev–Trinajstić information content (AvgIpc) is 2.28. The van der Waals surface area contributed by atoms with E-state index in [1.54, 1.807) is 6.08 Å². The first-order valence-electron chi connectivity index (χ1n) is 5.03. The van der Waals surface area contributed by atoms with Gasteiger partial charge in [-0.05, 0) is 12.0 Å². The second-order valence-corrected chi connectivity index (χ2v) is 3.33. The van der Waals surface area contributed by atoms with Crippen molar-refractivity contribution in [2.24, 2.45) is 10.7 Å². The van der Waals surface area contributed by atoms with Crippen LogP contribution in [0.15, 0.2) is 48.0 Å². The van der Waals surface area contributed by atoms with Gasteiger partial charge in [0, 0.05) is 0 Å². The molecule has 6 nitrogen and oxygen atoms in total. The lowest BCUT2D eigenvalue weighted by molar-refractivity contribution is -0.525. The van der Waals surface area contributed by atoms with Gasteiger partial charge in [0.1, 0.15) is 0 Å². The van der Waals surface area contributed by atoms with Crippen LogP contribution < -0.4 is 11.2 Å². The van der Waals surface area contributed by atoms with E-state index in [4.69, 9.17) is 5.73 Å². The van der Waals surface area contributed by atoms with Crippen molar-refractivity contribution in [3.63, 3.8) is 0 Å². The van der Waals surface area contributed by atoms with Gasteiger partial charge in [0.15, 0.2) is 5.03 Å². The molecule has 0 heterocycles. The van der Waals surface area contributed by atoms with Crippen molar-refractivity contribution in [1.29, 1.82) is 0 Å². The zero-order valence-corrected chi connectivity index (χ0v) is 9.24. The SMILES string of the molecule is C=CCC(N=C(N)N[N+](=O)[O-])c1ccccc1. The third kappa shape index (κ3) is 4.33. The summed E-state index contributed by atoms with van der Waals surface area (Å²) in [7, 11) is 0. The molecule has 0 spiro atoms. The van der Waals surface area contributed by atoms with Gasteiger partial charge in [-0.25, -0.2) is 15.1 Å². The highest BCUT2D eigenvalue weighted by Gasteiger charge is 2.10. The molecular formula is C11H14N4O2. The van der Waals surface area contributed by atoms with Gasteiger partial charge in [0.25, 0.3) is 5.96 Å². The first kappa shape index (κ1) is 12.7. The van der Waals surface area contributed by atoms with Gasteiger partial charge >= 0.3 is 0 Å². The highest BCUT2D eigenvalue weighted by atomic mass is 16.7. The first-order chi connectivity index (χ1) is 8.13. The number of nitrogens with two attached hydrogens (primary N) is 1.